The first-order chi connectivity index (χ1) is 8.29. The van der Waals surface area contributed by atoms with E-state index < -0.39 is 0 Å². The summed E-state index contributed by atoms with van der Waals surface area (Å²) in [5, 5.41) is 9.18. The maximum Gasteiger partial charge on any atom is 0.0998 e. The number of nitrogens with zero attached hydrogens (tertiary/aromatic N) is 1. The molecule has 0 bridgehead atoms. The van der Waals surface area contributed by atoms with Gasteiger partial charge in [-0.1, -0.05) is 58.4 Å². The van der Waals surface area contributed by atoms with Crippen molar-refractivity contribution in [3.63, 3.8) is 0 Å². The van der Waals surface area contributed by atoms with E-state index >= 15 is 0 Å². The van der Waals surface area contributed by atoms with Crippen molar-refractivity contribution >= 4 is 27.6 Å². The molecule has 0 radical (unpaired) electrons. The smallest absolute Gasteiger partial charge is 0.0998 e. The van der Waals surface area contributed by atoms with Crippen molar-refractivity contribution in [1.82, 2.24) is 0 Å². The van der Waals surface area contributed by atoms with Gasteiger partial charge in [0.2, 0.25) is 0 Å². The van der Waals surface area contributed by atoms with E-state index in [1.807, 2.05) is 60.7 Å². The Labute approximate surface area is 109 Å². The maximum absolute atomic E-state index is 9.18. The van der Waals surface area contributed by atoms with Gasteiger partial charge in [-0.05, 0) is 29.3 Å². The molecule has 0 aromatic heterocycles. The lowest BCUT2D eigenvalue weighted by Crippen LogP contribution is -1.81. The second kappa shape index (κ2) is 5.47. The van der Waals surface area contributed by atoms with Crippen molar-refractivity contribution in [2.24, 2.45) is 0 Å². The van der Waals surface area contributed by atoms with Crippen LogP contribution in [-0.2, 0) is 0 Å². The largest absolute Gasteiger partial charge is 0.192 e. The van der Waals surface area contributed by atoms with Gasteiger partial charge in [0.15, 0.2) is 0 Å². The van der Waals surface area contributed by atoms with Gasteiger partial charge in [-0.2, -0.15) is 5.26 Å². The summed E-state index contributed by atoms with van der Waals surface area (Å²) in [7, 11) is 0. The SMILES string of the molecule is N#CC(=Cc1ccccc1)c1ccc(Br)cc1. The molecule has 0 unspecified atom stereocenters. The van der Waals surface area contributed by atoms with Gasteiger partial charge in [0, 0.05) is 4.47 Å². The van der Waals surface area contributed by atoms with Crippen LogP contribution in [0.5, 0.6) is 0 Å². The monoisotopic (exact) mass is 283 g/mol. The number of halogens is 1. The summed E-state index contributed by atoms with van der Waals surface area (Å²) in [4.78, 5) is 0. The molecule has 0 N–H and O–H groups in total. The number of rotatable bonds is 2. The Morgan fingerprint density at radius 1 is 1.00 bits per heavy atom. The van der Waals surface area contributed by atoms with Crippen LogP contribution in [0, 0.1) is 11.3 Å². The molecule has 2 rings (SSSR count). The summed E-state index contributed by atoms with van der Waals surface area (Å²) in [6.07, 6.45) is 1.89. The lowest BCUT2D eigenvalue weighted by molar-refractivity contribution is 1.52. The van der Waals surface area contributed by atoms with Crippen LogP contribution in [0.1, 0.15) is 11.1 Å². The summed E-state index contributed by atoms with van der Waals surface area (Å²) in [5.74, 6) is 0. The minimum absolute atomic E-state index is 0.670. The molecule has 0 heterocycles. The van der Waals surface area contributed by atoms with Crippen LogP contribution in [0.4, 0.5) is 0 Å². The van der Waals surface area contributed by atoms with Crippen molar-refractivity contribution in [2.45, 2.75) is 0 Å². The van der Waals surface area contributed by atoms with Crippen LogP contribution in [0.15, 0.2) is 59.1 Å². The molecule has 0 aliphatic heterocycles. The molecule has 0 amide bonds. The van der Waals surface area contributed by atoms with E-state index in [0.717, 1.165) is 15.6 Å². The fourth-order valence-corrected chi connectivity index (χ4v) is 1.79. The number of allylic oxidation sites excluding steroid dienone is 1. The summed E-state index contributed by atoms with van der Waals surface area (Å²) >= 11 is 3.38. The molecule has 17 heavy (non-hydrogen) atoms. The Hall–Kier alpha value is -1.85. The molecular formula is C15H10BrN. The predicted octanol–water partition coefficient (Wildman–Crippen LogP) is 4.51. The fourth-order valence-electron chi connectivity index (χ4n) is 1.53. The summed E-state index contributed by atoms with van der Waals surface area (Å²) in [5.41, 5.74) is 2.63. The molecule has 0 aliphatic carbocycles. The van der Waals surface area contributed by atoms with E-state index in [9.17, 15) is 5.26 Å². The van der Waals surface area contributed by atoms with Gasteiger partial charge in [0.05, 0.1) is 11.6 Å². The molecule has 2 aromatic rings. The number of benzene rings is 2. The van der Waals surface area contributed by atoms with Gasteiger partial charge in [0.25, 0.3) is 0 Å². The topological polar surface area (TPSA) is 23.8 Å². The third-order valence-electron chi connectivity index (χ3n) is 2.39. The van der Waals surface area contributed by atoms with Gasteiger partial charge in [-0.25, -0.2) is 0 Å². The first kappa shape index (κ1) is 11.6. The van der Waals surface area contributed by atoms with Gasteiger partial charge in [-0.15, -0.1) is 0 Å². The summed E-state index contributed by atoms with van der Waals surface area (Å²) in [6, 6.07) is 19.8. The Bertz CT molecular complexity index is 562. The summed E-state index contributed by atoms with van der Waals surface area (Å²) in [6.45, 7) is 0. The molecule has 0 saturated heterocycles. The van der Waals surface area contributed by atoms with E-state index in [1.165, 1.54) is 0 Å². The van der Waals surface area contributed by atoms with Crippen molar-refractivity contribution in [3.8, 4) is 6.07 Å². The van der Waals surface area contributed by atoms with Gasteiger partial charge < -0.3 is 0 Å². The lowest BCUT2D eigenvalue weighted by Gasteiger charge is -2.00. The van der Waals surface area contributed by atoms with Gasteiger partial charge in [-0.3, -0.25) is 0 Å². The first-order valence-corrected chi connectivity index (χ1v) is 6.01. The zero-order valence-electron chi connectivity index (χ0n) is 9.10. The summed E-state index contributed by atoms with van der Waals surface area (Å²) < 4.78 is 1.01. The molecule has 0 fully saturated rings. The molecule has 2 heteroatoms. The molecular weight excluding hydrogens is 274 g/mol. The van der Waals surface area contributed by atoms with E-state index in [2.05, 4.69) is 22.0 Å². The minimum atomic E-state index is 0.670. The highest BCUT2D eigenvalue weighted by atomic mass is 79.9. The van der Waals surface area contributed by atoms with Gasteiger partial charge in [0.1, 0.15) is 0 Å². The van der Waals surface area contributed by atoms with E-state index in [4.69, 9.17) is 0 Å². The molecule has 0 spiro atoms. The van der Waals surface area contributed by atoms with Gasteiger partial charge >= 0.3 is 0 Å². The van der Waals surface area contributed by atoms with Crippen LogP contribution >= 0.6 is 15.9 Å². The predicted molar refractivity (Wildman–Crippen MR) is 74.1 cm³/mol. The van der Waals surface area contributed by atoms with Crippen LogP contribution in [0.25, 0.3) is 11.6 Å². The number of hydrogen-bond donors (Lipinski definition) is 0. The first-order valence-electron chi connectivity index (χ1n) is 5.22. The molecule has 1 nitrogen and oxygen atoms in total. The van der Waals surface area contributed by atoms with E-state index in [-0.39, 0.29) is 0 Å². The number of nitriles is 1. The molecule has 0 aliphatic rings. The van der Waals surface area contributed by atoms with E-state index in [1.54, 1.807) is 0 Å². The second-order valence-corrected chi connectivity index (χ2v) is 4.50. The van der Waals surface area contributed by atoms with Crippen LogP contribution in [0.3, 0.4) is 0 Å². The highest BCUT2D eigenvalue weighted by Crippen LogP contribution is 2.19. The van der Waals surface area contributed by atoms with Crippen LogP contribution < -0.4 is 0 Å². The molecule has 0 saturated carbocycles. The van der Waals surface area contributed by atoms with Crippen LogP contribution in [-0.4, -0.2) is 0 Å². The van der Waals surface area contributed by atoms with Crippen LogP contribution in [0.2, 0.25) is 0 Å². The quantitative estimate of drug-likeness (QED) is 0.588. The zero-order valence-corrected chi connectivity index (χ0v) is 10.7. The van der Waals surface area contributed by atoms with Crippen molar-refractivity contribution < 1.29 is 0 Å². The average molecular weight is 284 g/mol. The van der Waals surface area contributed by atoms with Crippen molar-refractivity contribution in [2.75, 3.05) is 0 Å². The second-order valence-electron chi connectivity index (χ2n) is 3.59. The minimum Gasteiger partial charge on any atom is -0.192 e. The molecule has 2 aromatic carbocycles. The standard InChI is InChI=1S/C15H10BrN/c16-15-8-6-13(7-9-15)14(11-17)10-12-4-2-1-3-5-12/h1-10H. The Kier molecular flexibility index (Phi) is 3.74. The lowest BCUT2D eigenvalue weighted by atomic mass is 10.0. The van der Waals surface area contributed by atoms with E-state index in [0.29, 0.717) is 5.57 Å². The number of hydrogen-bond acceptors (Lipinski definition) is 1. The average Bonchev–Trinajstić information content (AvgIpc) is 2.38. The Balaban J connectivity index is 2.38. The van der Waals surface area contributed by atoms with Crippen molar-refractivity contribution in [3.05, 3.63) is 70.2 Å². The fraction of sp³-hybridized carbons (Fsp3) is 0. The van der Waals surface area contributed by atoms with Crippen molar-refractivity contribution in [1.29, 1.82) is 5.26 Å². The highest BCUT2D eigenvalue weighted by molar-refractivity contribution is 9.10. The highest BCUT2D eigenvalue weighted by Gasteiger charge is 2.00. The molecule has 0 atom stereocenters. The Morgan fingerprint density at radius 2 is 1.65 bits per heavy atom. The third kappa shape index (κ3) is 3.05. The normalized spacial score (nSPS) is 10.9. The maximum atomic E-state index is 9.18. The Morgan fingerprint density at radius 3 is 2.24 bits per heavy atom. The molecule has 82 valence electrons. The zero-order chi connectivity index (χ0) is 12.1. The third-order valence-corrected chi connectivity index (χ3v) is 2.91.